The van der Waals surface area contributed by atoms with Gasteiger partial charge in [0, 0.05) is 5.57 Å². The molecule has 0 bridgehead atoms. The van der Waals surface area contributed by atoms with E-state index in [2.05, 4.69) is 26.2 Å². The monoisotopic (exact) mass is 200 g/mol. The fourth-order valence-corrected chi connectivity index (χ4v) is 0.871. The van der Waals surface area contributed by atoms with Gasteiger partial charge >= 0.3 is 5.97 Å². The molecule has 3 heteroatoms. The number of ether oxygens (including phenoxy) is 1. The first-order chi connectivity index (χ1) is 5.58. The summed E-state index contributed by atoms with van der Waals surface area (Å²) in [4.78, 5) is 11.3. The van der Waals surface area contributed by atoms with Gasteiger partial charge in [-0.3, -0.25) is 0 Å². The van der Waals surface area contributed by atoms with Crippen molar-refractivity contribution in [3.63, 3.8) is 0 Å². The number of rotatable bonds is 3. The Hall–Kier alpha value is -0.573. The van der Waals surface area contributed by atoms with E-state index in [0.717, 1.165) is 0 Å². The van der Waals surface area contributed by atoms with Crippen LogP contribution in [-0.2, 0) is 9.53 Å². The van der Waals surface area contributed by atoms with Crippen LogP contribution in [0.4, 0.5) is 0 Å². The van der Waals surface area contributed by atoms with E-state index in [1.54, 1.807) is 6.92 Å². The van der Waals surface area contributed by atoms with Crippen molar-refractivity contribution < 1.29 is 9.53 Å². The summed E-state index contributed by atoms with van der Waals surface area (Å²) in [5.41, 5.74) is 0.464. The highest BCUT2D eigenvalue weighted by Crippen LogP contribution is 2.24. The molecule has 0 heterocycles. The Morgan fingerprint density at radius 1 is 1.31 bits per heavy atom. The van der Waals surface area contributed by atoms with Gasteiger partial charge in [0.2, 0.25) is 0 Å². The molecule has 0 aliphatic rings. The second kappa shape index (κ2) is 3.66. The molecule has 0 aliphatic heterocycles. The van der Waals surface area contributed by atoms with Gasteiger partial charge in [0.15, 0.2) is 0 Å². The van der Waals surface area contributed by atoms with E-state index in [1.165, 1.54) is 0 Å². The summed E-state index contributed by atoms with van der Waals surface area (Å²) in [6.45, 7) is 15.7. The topological polar surface area (TPSA) is 26.3 Å². The van der Waals surface area contributed by atoms with E-state index in [9.17, 15) is 4.79 Å². The lowest BCUT2D eigenvalue weighted by Crippen LogP contribution is -2.50. The minimum absolute atomic E-state index is 0.285. The quantitative estimate of drug-likeness (QED) is 0.398. The van der Waals surface area contributed by atoms with Crippen molar-refractivity contribution >= 4 is 14.0 Å². The molecular weight excluding hydrogens is 180 g/mol. The summed E-state index contributed by atoms with van der Waals surface area (Å²) in [6, 6.07) is 0. The second-order valence-corrected chi connectivity index (χ2v) is 10.6. The number of hydrogen-bond acceptors (Lipinski definition) is 2. The Labute approximate surface area is 82.0 Å². The van der Waals surface area contributed by atoms with Crippen LogP contribution in [0.25, 0.3) is 0 Å². The van der Waals surface area contributed by atoms with Gasteiger partial charge in [0.1, 0.15) is 0 Å². The van der Waals surface area contributed by atoms with E-state index in [1.807, 2.05) is 13.8 Å². The number of esters is 1. The zero-order valence-corrected chi connectivity index (χ0v) is 10.5. The maximum Gasteiger partial charge on any atom is 0.333 e. The third-order valence-electron chi connectivity index (χ3n) is 2.50. The maximum atomic E-state index is 11.3. The van der Waals surface area contributed by atoms with Crippen LogP contribution in [0.5, 0.6) is 0 Å². The molecule has 0 saturated heterocycles. The van der Waals surface area contributed by atoms with E-state index in [4.69, 9.17) is 4.74 Å². The molecule has 13 heavy (non-hydrogen) atoms. The summed E-state index contributed by atoms with van der Waals surface area (Å²) >= 11 is 0. The first-order valence-corrected chi connectivity index (χ1v) is 7.97. The van der Waals surface area contributed by atoms with E-state index < -0.39 is 8.07 Å². The highest BCUT2D eigenvalue weighted by molar-refractivity contribution is 6.78. The Kier molecular flexibility index (Phi) is 3.50. The number of carbonyl (C=O) groups is 1. The largest absolute Gasteiger partial charge is 0.460 e. The van der Waals surface area contributed by atoms with Crippen LogP contribution < -0.4 is 0 Å². The predicted octanol–water partition coefficient (Wildman–Crippen LogP) is 2.76. The number of carbonyl (C=O) groups excluding carboxylic acids is 1. The molecule has 0 radical (unpaired) electrons. The van der Waals surface area contributed by atoms with Gasteiger partial charge in [-0.2, -0.15) is 0 Å². The van der Waals surface area contributed by atoms with Crippen molar-refractivity contribution in [1.29, 1.82) is 0 Å². The van der Waals surface area contributed by atoms with Crippen molar-refractivity contribution in [3.05, 3.63) is 12.2 Å². The zero-order valence-electron chi connectivity index (χ0n) is 9.52. The van der Waals surface area contributed by atoms with Crippen molar-refractivity contribution in [1.82, 2.24) is 0 Å². The normalized spacial score (nSPS) is 12.5. The third kappa shape index (κ3) is 3.34. The molecule has 0 fully saturated rings. The van der Waals surface area contributed by atoms with Gasteiger partial charge in [0.05, 0.1) is 13.3 Å². The Morgan fingerprint density at radius 3 is 1.92 bits per heavy atom. The standard InChI is InChI=1S/C10H20O2Si/c1-8(2)9(11)12-10(3,4)13(5,6)7/h1H2,2-7H3. The molecule has 0 aromatic carbocycles. The molecule has 2 nitrogen and oxygen atoms in total. The fourth-order valence-electron chi connectivity index (χ4n) is 0.472. The Bertz CT molecular complexity index is 224. The Balaban J connectivity index is 4.53. The van der Waals surface area contributed by atoms with Gasteiger partial charge in [-0.15, -0.1) is 0 Å². The van der Waals surface area contributed by atoms with Crippen LogP contribution in [0.1, 0.15) is 20.8 Å². The highest BCUT2D eigenvalue weighted by Gasteiger charge is 2.38. The smallest absolute Gasteiger partial charge is 0.333 e. The summed E-state index contributed by atoms with van der Waals surface area (Å²) in [5, 5.41) is -0.330. The Morgan fingerprint density at radius 2 is 1.69 bits per heavy atom. The van der Waals surface area contributed by atoms with Crippen LogP contribution in [0.3, 0.4) is 0 Å². The van der Waals surface area contributed by atoms with Gasteiger partial charge in [-0.25, -0.2) is 4.79 Å². The molecule has 0 atom stereocenters. The highest BCUT2D eigenvalue weighted by atomic mass is 28.3. The third-order valence-corrected chi connectivity index (χ3v) is 6.22. The van der Waals surface area contributed by atoms with Gasteiger partial charge in [0.25, 0.3) is 0 Å². The van der Waals surface area contributed by atoms with Crippen LogP contribution in [0.15, 0.2) is 12.2 Å². The fraction of sp³-hybridized carbons (Fsp3) is 0.700. The molecule has 0 aliphatic carbocycles. The van der Waals surface area contributed by atoms with Gasteiger partial charge in [-0.05, 0) is 20.8 Å². The second-order valence-electron chi connectivity index (χ2n) is 4.93. The molecule has 0 saturated carbocycles. The SMILES string of the molecule is C=C(C)C(=O)OC(C)(C)[Si](C)(C)C. The molecule has 76 valence electrons. The van der Waals surface area contributed by atoms with Crippen LogP contribution in [-0.4, -0.2) is 19.3 Å². The average molecular weight is 200 g/mol. The lowest BCUT2D eigenvalue weighted by molar-refractivity contribution is -0.145. The van der Waals surface area contributed by atoms with Crippen LogP contribution in [0, 0.1) is 0 Å². The van der Waals surface area contributed by atoms with Gasteiger partial charge < -0.3 is 4.74 Å². The number of hydrogen-bond donors (Lipinski definition) is 0. The van der Waals surface area contributed by atoms with Crippen LogP contribution in [0.2, 0.25) is 19.6 Å². The van der Waals surface area contributed by atoms with Crippen molar-refractivity contribution in [2.45, 2.75) is 45.6 Å². The summed E-state index contributed by atoms with van der Waals surface area (Å²) < 4.78 is 5.39. The van der Waals surface area contributed by atoms with Crippen LogP contribution >= 0.6 is 0 Å². The molecule has 0 unspecified atom stereocenters. The summed E-state index contributed by atoms with van der Waals surface area (Å²) in [6.07, 6.45) is 0. The summed E-state index contributed by atoms with van der Waals surface area (Å²) in [7, 11) is -1.48. The molecule has 0 aromatic heterocycles. The van der Waals surface area contributed by atoms with Crippen molar-refractivity contribution in [2.24, 2.45) is 0 Å². The van der Waals surface area contributed by atoms with E-state index in [-0.39, 0.29) is 11.2 Å². The van der Waals surface area contributed by atoms with Gasteiger partial charge in [-0.1, -0.05) is 26.2 Å². The maximum absolute atomic E-state index is 11.3. The molecule has 0 N–H and O–H groups in total. The molecular formula is C10H20O2Si. The van der Waals surface area contributed by atoms with Crippen molar-refractivity contribution in [2.75, 3.05) is 0 Å². The minimum Gasteiger partial charge on any atom is -0.460 e. The first kappa shape index (κ1) is 12.4. The molecule has 0 aromatic rings. The minimum atomic E-state index is -1.48. The zero-order chi connectivity index (χ0) is 10.9. The predicted molar refractivity (Wildman–Crippen MR) is 58.3 cm³/mol. The summed E-state index contributed by atoms with van der Waals surface area (Å²) in [5.74, 6) is -0.285. The molecule has 0 amide bonds. The molecule has 0 rings (SSSR count). The van der Waals surface area contributed by atoms with E-state index in [0.29, 0.717) is 5.57 Å². The van der Waals surface area contributed by atoms with E-state index >= 15 is 0 Å². The first-order valence-electron chi connectivity index (χ1n) is 4.47. The molecule has 0 spiro atoms. The average Bonchev–Trinajstić information content (AvgIpc) is 1.83. The lowest BCUT2D eigenvalue weighted by atomic mass is 10.3. The van der Waals surface area contributed by atoms with Crippen molar-refractivity contribution in [3.8, 4) is 0 Å². The lowest BCUT2D eigenvalue weighted by Gasteiger charge is -2.36.